The number of nitrogens with one attached hydrogen (secondary N) is 2. The highest BCUT2D eigenvalue weighted by Crippen LogP contribution is 2.27. The van der Waals surface area contributed by atoms with E-state index in [4.69, 9.17) is 5.11 Å². The zero-order valence-corrected chi connectivity index (χ0v) is 11.2. The van der Waals surface area contributed by atoms with Crippen LogP contribution in [0.1, 0.15) is 46.0 Å². The lowest BCUT2D eigenvalue weighted by Crippen LogP contribution is -2.44. The van der Waals surface area contributed by atoms with Crippen LogP contribution in [0.15, 0.2) is 0 Å². The molecular formula is C13H24N2O3. The van der Waals surface area contributed by atoms with Gasteiger partial charge in [-0.05, 0) is 31.6 Å². The van der Waals surface area contributed by atoms with E-state index in [1.54, 1.807) is 0 Å². The van der Waals surface area contributed by atoms with E-state index in [-0.39, 0.29) is 24.4 Å². The van der Waals surface area contributed by atoms with Crippen molar-refractivity contribution in [1.29, 1.82) is 0 Å². The lowest BCUT2D eigenvalue weighted by Gasteiger charge is -2.21. The van der Waals surface area contributed by atoms with Crippen molar-refractivity contribution >= 4 is 12.0 Å². The summed E-state index contributed by atoms with van der Waals surface area (Å²) in [7, 11) is 0. The van der Waals surface area contributed by atoms with Gasteiger partial charge in [-0.3, -0.25) is 4.79 Å². The largest absolute Gasteiger partial charge is 0.481 e. The van der Waals surface area contributed by atoms with E-state index >= 15 is 0 Å². The maximum atomic E-state index is 11.6. The zero-order chi connectivity index (χ0) is 13.5. The van der Waals surface area contributed by atoms with Gasteiger partial charge in [0.1, 0.15) is 0 Å². The summed E-state index contributed by atoms with van der Waals surface area (Å²) >= 11 is 0. The summed E-state index contributed by atoms with van der Waals surface area (Å²) in [6.45, 7) is 4.25. The van der Waals surface area contributed by atoms with Gasteiger partial charge in [0.15, 0.2) is 0 Å². The van der Waals surface area contributed by atoms with Crippen molar-refractivity contribution in [3.05, 3.63) is 0 Å². The molecule has 2 unspecified atom stereocenters. The molecule has 0 aromatic heterocycles. The fraction of sp³-hybridized carbons (Fsp3) is 0.846. The smallest absolute Gasteiger partial charge is 0.315 e. The highest BCUT2D eigenvalue weighted by Gasteiger charge is 2.22. The topological polar surface area (TPSA) is 78.4 Å². The first kappa shape index (κ1) is 14.8. The van der Waals surface area contributed by atoms with Crippen LogP contribution in [0.25, 0.3) is 0 Å². The Morgan fingerprint density at radius 3 is 2.44 bits per heavy atom. The second-order valence-electron chi connectivity index (χ2n) is 5.39. The predicted octanol–water partition coefficient (Wildman–Crippen LogP) is 1.98. The SMILES string of the molecule is CC(CNC(=O)NC(C)C1CCCC1)CC(=O)O. The number of rotatable bonds is 6. The van der Waals surface area contributed by atoms with Crippen LogP contribution in [-0.2, 0) is 4.79 Å². The average Bonchev–Trinajstić information content (AvgIpc) is 2.78. The number of hydrogen-bond donors (Lipinski definition) is 3. The summed E-state index contributed by atoms with van der Waals surface area (Å²) in [6.07, 6.45) is 4.98. The lowest BCUT2D eigenvalue weighted by molar-refractivity contribution is -0.137. The standard InChI is InChI=1S/C13H24N2O3/c1-9(7-12(16)17)8-14-13(18)15-10(2)11-5-3-4-6-11/h9-11H,3-8H2,1-2H3,(H,16,17)(H2,14,15,18). The number of amides is 2. The third-order valence-electron chi connectivity index (χ3n) is 3.60. The molecule has 0 aromatic rings. The quantitative estimate of drug-likeness (QED) is 0.680. The van der Waals surface area contributed by atoms with Crippen LogP contribution in [0.4, 0.5) is 4.79 Å². The molecule has 5 nitrogen and oxygen atoms in total. The third-order valence-corrected chi connectivity index (χ3v) is 3.60. The molecule has 0 aromatic carbocycles. The molecule has 2 atom stereocenters. The van der Waals surface area contributed by atoms with Gasteiger partial charge in [0, 0.05) is 19.0 Å². The van der Waals surface area contributed by atoms with Gasteiger partial charge in [-0.2, -0.15) is 0 Å². The molecule has 18 heavy (non-hydrogen) atoms. The van der Waals surface area contributed by atoms with Crippen molar-refractivity contribution in [1.82, 2.24) is 10.6 Å². The minimum atomic E-state index is -0.830. The molecule has 0 saturated heterocycles. The second-order valence-corrected chi connectivity index (χ2v) is 5.39. The van der Waals surface area contributed by atoms with Gasteiger partial charge in [-0.1, -0.05) is 19.8 Å². The summed E-state index contributed by atoms with van der Waals surface area (Å²) in [5.74, 6) is -0.286. The maximum absolute atomic E-state index is 11.6. The number of carbonyl (C=O) groups excluding carboxylic acids is 1. The Balaban J connectivity index is 2.18. The Hall–Kier alpha value is -1.26. The molecule has 1 saturated carbocycles. The molecule has 0 spiro atoms. The van der Waals surface area contributed by atoms with Crippen LogP contribution in [0.3, 0.4) is 0 Å². The van der Waals surface area contributed by atoms with Crippen LogP contribution in [0.5, 0.6) is 0 Å². The number of carboxylic acid groups (broad SMARTS) is 1. The molecule has 0 heterocycles. The lowest BCUT2D eigenvalue weighted by atomic mass is 10.0. The van der Waals surface area contributed by atoms with E-state index in [0.29, 0.717) is 12.5 Å². The highest BCUT2D eigenvalue weighted by atomic mass is 16.4. The Morgan fingerprint density at radius 1 is 1.28 bits per heavy atom. The van der Waals surface area contributed by atoms with Crippen LogP contribution in [0.2, 0.25) is 0 Å². The minimum absolute atomic E-state index is 0.0463. The van der Waals surface area contributed by atoms with Crippen LogP contribution in [0, 0.1) is 11.8 Å². The Morgan fingerprint density at radius 2 is 1.89 bits per heavy atom. The summed E-state index contributed by atoms with van der Waals surface area (Å²) in [5.41, 5.74) is 0. The van der Waals surface area contributed by atoms with Gasteiger partial charge < -0.3 is 15.7 Å². The third kappa shape index (κ3) is 5.38. The van der Waals surface area contributed by atoms with Crippen LogP contribution < -0.4 is 10.6 Å². The predicted molar refractivity (Wildman–Crippen MR) is 69.4 cm³/mol. The fourth-order valence-electron chi connectivity index (χ4n) is 2.47. The molecule has 5 heteroatoms. The summed E-state index contributed by atoms with van der Waals surface area (Å²) < 4.78 is 0. The van der Waals surface area contributed by atoms with Gasteiger partial charge in [-0.25, -0.2) is 4.79 Å². The van der Waals surface area contributed by atoms with Crippen molar-refractivity contribution < 1.29 is 14.7 Å². The van der Waals surface area contributed by atoms with Crippen LogP contribution in [-0.4, -0.2) is 29.7 Å². The van der Waals surface area contributed by atoms with Gasteiger partial charge in [0.25, 0.3) is 0 Å². The number of carboxylic acids is 1. The van der Waals surface area contributed by atoms with Crippen molar-refractivity contribution in [2.75, 3.05) is 6.54 Å². The van der Waals surface area contributed by atoms with Crippen molar-refractivity contribution in [3.8, 4) is 0 Å². The molecule has 104 valence electrons. The molecular weight excluding hydrogens is 232 g/mol. The van der Waals surface area contributed by atoms with Gasteiger partial charge >= 0.3 is 12.0 Å². The molecule has 1 aliphatic rings. The molecule has 1 fully saturated rings. The first-order valence-electron chi connectivity index (χ1n) is 6.75. The van der Waals surface area contributed by atoms with E-state index in [1.165, 1.54) is 25.7 Å². The van der Waals surface area contributed by atoms with Crippen molar-refractivity contribution in [3.63, 3.8) is 0 Å². The van der Waals surface area contributed by atoms with Gasteiger partial charge in [-0.15, -0.1) is 0 Å². The van der Waals surface area contributed by atoms with Crippen molar-refractivity contribution in [2.45, 2.75) is 52.0 Å². The molecule has 0 bridgehead atoms. The summed E-state index contributed by atoms with van der Waals surface area (Å²) in [6, 6.07) is 0.00826. The van der Waals surface area contributed by atoms with E-state index in [1.807, 2.05) is 13.8 Å². The molecule has 0 radical (unpaired) electrons. The van der Waals surface area contributed by atoms with E-state index in [9.17, 15) is 9.59 Å². The fourth-order valence-corrected chi connectivity index (χ4v) is 2.47. The minimum Gasteiger partial charge on any atom is -0.481 e. The number of carbonyl (C=O) groups is 2. The van der Waals surface area contributed by atoms with Crippen molar-refractivity contribution in [2.24, 2.45) is 11.8 Å². The number of aliphatic carboxylic acids is 1. The maximum Gasteiger partial charge on any atom is 0.315 e. The molecule has 1 rings (SSSR count). The van der Waals surface area contributed by atoms with E-state index < -0.39 is 5.97 Å². The molecule has 1 aliphatic carbocycles. The Bertz CT molecular complexity index is 288. The zero-order valence-electron chi connectivity index (χ0n) is 11.2. The second kappa shape index (κ2) is 7.24. The van der Waals surface area contributed by atoms with Gasteiger partial charge in [0.2, 0.25) is 0 Å². The summed E-state index contributed by atoms with van der Waals surface area (Å²) in [4.78, 5) is 22.1. The monoisotopic (exact) mass is 256 g/mol. The first-order chi connectivity index (χ1) is 8.49. The summed E-state index contributed by atoms with van der Waals surface area (Å²) in [5, 5.41) is 14.3. The molecule has 3 N–H and O–H groups in total. The van der Waals surface area contributed by atoms with Crippen LogP contribution >= 0.6 is 0 Å². The van der Waals surface area contributed by atoms with E-state index in [2.05, 4.69) is 10.6 Å². The average molecular weight is 256 g/mol. The Labute approximate surface area is 108 Å². The number of hydrogen-bond acceptors (Lipinski definition) is 2. The Kier molecular flexibility index (Phi) is 5.95. The number of urea groups is 1. The molecule has 0 aliphatic heterocycles. The van der Waals surface area contributed by atoms with E-state index in [0.717, 1.165) is 0 Å². The molecule has 2 amide bonds. The first-order valence-corrected chi connectivity index (χ1v) is 6.75. The highest BCUT2D eigenvalue weighted by molar-refractivity contribution is 5.74. The normalized spacial score (nSPS) is 19.2. The van der Waals surface area contributed by atoms with Gasteiger partial charge in [0.05, 0.1) is 0 Å².